The lowest BCUT2D eigenvalue weighted by Crippen LogP contribution is -2.45. The van der Waals surface area contributed by atoms with Crippen molar-refractivity contribution in [3.05, 3.63) is 75.0 Å². The molecule has 1 fully saturated rings. The van der Waals surface area contributed by atoms with Crippen LogP contribution in [0.15, 0.2) is 47.4 Å². The third-order valence-electron chi connectivity index (χ3n) is 6.81. The maximum Gasteiger partial charge on any atom is 0.322 e. The topological polar surface area (TPSA) is 95.9 Å². The van der Waals surface area contributed by atoms with Gasteiger partial charge in [-0.05, 0) is 48.6 Å². The number of urea groups is 1. The molecule has 2 bridgehead atoms. The average Bonchev–Trinajstić information content (AvgIpc) is 3.35. The molecule has 0 saturated carbocycles. The van der Waals surface area contributed by atoms with Gasteiger partial charge in [0.1, 0.15) is 5.82 Å². The quantitative estimate of drug-likeness (QED) is 0.446. The largest absolute Gasteiger partial charge is 0.322 e. The molecule has 2 aromatic carbocycles. The fraction of sp³-hybridized carbons (Fsp3) is 0.250. The molecular weight excluding hydrogens is 459 g/mol. The van der Waals surface area contributed by atoms with Gasteiger partial charge < -0.3 is 10.2 Å². The van der Waals surface area contributed by atoms with Crippen molar-refractivity contribution in [3.63, 3.8) is 0 Å². The Bertz CT molecular complexity index is 1530. The van der Waals surface area contributed by atoms with Crippen molar-refractivity contribution >= 4 is 34.2 Å². The number of carbonyl (C=O) groups excluding carboxylic acids is 1. The van der Waals surface area contributed by atoms with Crippen LogP contribution < -0.4 is 10.9 Å². The van der Waals surface area contributed by atoms with Crippen LogP contribution in [0.4, 0.5) is 14.9 Å². The zero-order valence-electron chi connectivity index (χ0n) is 18.2. The monoisotopic (exact) mass is 478 g/mol. The molecule has 2 aromatic heterocycles. The van der Waals surface area contributed by atoms with Crippen LogP contribution in [-0.4, -0.2) is 37.0 Å². The second kappa shape index (κ2) is 7.66. The second-order valence-corrected chi connectivity index (χ2v) is 9.16. The lowest BCUT2D eigenvalue weighted by molar-refractivity contribution is 0.177. The molecule has 0 aliphatic carbocycles. The molecule has 1 saturated heterocycles. The Morgan fingerprint density at radius 2 is 2.09 bits per heavy atom. The van der Waals surface area contributed by atoms with Crippen LogP contribution in [-0.2, 0) is 13.5 Å². The number of hydrogen-bond donors (Lipinski definition) is 2. The van der Waals surface area contributed by atoms with Crippen LogP contribution in [0, 0.1) is 5.82 Å². The molecule has 6 rings (SSSR count). The number of fused-ring (bicyclic) bond motifs is 5. The highest BCUT2D eigenvalue weighted by atomic mass is 35.5. The molecule has 2 N–H and O–H groups in total. The fourth-order valence-electron chi connectivity index (χ4n) is 5.26. The van der Waals surface area contributed by atoms with Crippen LogP contribution in [0.3, 0.4) is 0 Å². The molecule has 2 aliphatic rings. The van der Waals surface area contributed by atoms with E-state index in [9.17, 15) is 9.59 Å². The maximum atomic E-state index is 15.2. The molecule has 0 spiro atoms. The van der Waals surface area contributed by atoms with Crippen LogP contribution >= 0.6 is 11.6 Å². The highest BCUT2D eigenvalue weighted by molar-refractivity contribution is 6.34. The van der Waals surface area contributed by atoms with E-state index < -0.39 is 11.8 Å². The highest BCUT2D eigenvalue weighted by Crippen LogP contribution is 2.43. The number of rotatable bonds is 2. The summed E-state index contributed by atoms with van der Waals surface area (Å²) in [6.07, 6.45) is 3.80. The van der Waals surface area contributed by atoms with Gasteiger partial charge in [-0.1, -0.05) is 23.7 Å². The number of aromatic nitrogens is 4. The van der Waals surface area contributed by atoms with Crippen molar-refractivity contribution in [3.8, 4) is 11.1 Å². The summed E-state index contributed by atoms with van der Waals surface area (Å²) in [6.45, 7) is 0. The summed E-state index contributed by atoms with van der Waals surface area (Å²) in [5.74, 6) is -0.583. The van der Waals surface area contributed by atoms with Gasteiger partial charge in [-0.25, -0.2) is 14.3 Å². The van der Waals surface area contributed by atoms with Crippen molar-refractivity contribution in [2.75, 3.05) is 5.32 Å². The summed E-state index contributed by atoms with van der Waals surface area (Å²) >= 11 is 6.56. The van der Waals surface area contributed by atoms with Crippen LogP contribution in [0.25, 0.3) is 22.0 Å². The van der Waals surface area contributed by atoms with E-state index >= 15 is 4.39 Å². The summed E-state index contributed by atoms with van der Waals surface area (Å²) in [5, 5.41) is 14.8. The molecule has 2 aliphatic heterocycles. The second-order valence-electron chi connectivity index (χ2n) is 8.75. The first-order valence-electron chi connectivity index (χ1n) is 11.0. The number of amides is 2. The average molecular weight is 479 g/mol. The standard InChI is InChI=1S/C24H20ClFN6O2/c1-31-20-4-2-3-14(16(20)11-27-31)15-9-18(26)19(10-17(15)25)28-24(34)32-13-5-6-21(32)23-12(7-13)8-22(33)29-30-23/h2-4,8-11,13,21H,5-7H2,1H3,(H,28,34)(H,29,33)/t13-,21+/m0/s1. The number of benzene rings is 2. The normalized spacial score (nSPS) is 18.9. The Morgan fingerprint density at radius 1 is 1.24 bits per heavy atom. The first-order chi connectivity index (χ1) is 16.4. The predicted molar refractivity (Wildman–Crippen MR) is 126 cm³/mol. The number of anilines is 1. The number of aromatic amines is 1. The van der Waals surface area contributed by atoms with Crippen LogP contribution in [0.2, 0.25) is 5.02 Å². The molecule has 2 atom stereocenters. The third kappa shape index (κ3) is 3.19. The van der Waals surface area contributed by atoms with Gasteiger partial charge in [0.15, 0.2) is 0 Å². The van der Waals surface area contributed by atoms with Gasteiger partial charge in [-0.15, -0.1) is 0 Å². The minimum Gasteiger partial charge on any atom is -0.313 e. The summed E-state index contributed by atoms with van der Waals surface area (Å²) < 4.78 is 16.9. The molecule has 172 valence electrons. The number of nitrogens with one attached hydrogen (secondary N) is 2. The van der Waals surface area contributed by atoms with E-state index in [1.165, 1.54) is 12.1 Å². The van der Waals surface area contributed by atoms with Gasteiger partial charge in [0.05, 0.1) is 34.2 Å². The number of nitrogens with zero attached hydrogens (tertiary/aromatic N) is 4. The molecule has 4 heterocycles. The van der Waals surface area contributed by atoms with Gasteiger partial charge >= 0.3 is 6.03 Å². The van der Waals surface area contributed by atoms with E-state index in [1.54, 1.807) is 21.8 Å². The van der Waals surface area contributed by atoms with Gasteiger partial charge in [0.2, 0.25) is 0 Å². The molecule has 34 heavy (non-hydrogen) atoms. The molecular formula is C24H20ClFN6O2. The van der Waals surface area contributed by atoms with Crippen molar-refractivity contribution in [2.45, 2.75) is 31.3 Å². The smallest absolute Gasteiger partial charge is 0.313 e. The van der Waals surface area contributed by atoms with E-state index in [4.69, 9.17) is 11.6 Å². The van der Waals surface area contributed by atoms with Crippen LogP contribution in [0.5, 0.6) is 0 Å². The van der Waals surface area contributed by atoms with Crippen molar-refractivity contribution < 1.29 is 9.18 Å². The van der Waals surface area contributed by atoms with E-state index in [1.807, 2.05) is 25.2 Å². The third-order valence-corrected chi connectivity index (χ3v) is 7.12. The molecule has 4 aromatic rings. The predicted octanol–water partition coefficient (Wildman–Crippen LogP) is 4.41. The number of aryl methyl sites for hydroxylation is 1. The lowest BCUT2D eigenvalue weighted by Gasteiger charge is -2.35. The highest BCUT2D eigenvalue weighted by Gasteiger charge is 2.44. The van der Waals surface area contributed by atoms with E-state index in [-0.39, 0.29) is 23.3 Å². The Labute approximate surface area is 198 Å². The lowest BCUT2D eigenvalue weighted by atomic mass is 9.99. The molecule has 0 radical (unpaired) electrons. The first-order valence-corrected chi connectivity index (χ1v) is 11.4. The molecule has 0 unspecified atom stereocenters. The minimum atomic E-state index is -0.583. The zero-order valence-corrected chi connectivity index (χ0v) is 18.9. The summed E-state index contributed by atoms with van der Waals surface area (Å²) in [6, 6.07) is 9.25. The van der Waals surface area contributed by atoms with Gasteiger partial charge in [-0.3, -0.25) is 9.48 Å². The Morgan fingerprint density at radius 3 is 2.94 bits per heavy atom. The SMILES string of the molecule is Cn1ncc2c(-c3cc(F)c(NC(=O)N4[C@H]5CC[C@@H]4c4n[nH]c(=O)cc4C5)cc3Cl)cccc21. The molecule has 10 heteroatoms. The van der Waals surface area contributed by atoms with Crippen LogP contribution in [0.1, 0.15) is 30.1 Å². The number of halogens is 2. The Balaban J connectivity index is 1.31. The number of H-pyrrole nitrogens is 1. The van der Waals surface area contributed by atoms with Crippen molar-refractivity contribution in [1.82, 2.24) is 24.9 Å². The van der Waals surface area contributed by atoms with Gasteiger partial charge in [-0.2, -0.15) is 10.2 Å². The number of carbonyl (C=O) groups is 1. The molecule has 8 nitrogen and oxygen atoms in total. The summed E-state index contributed by atoms with van der Waals surface area (Å²) in [4.78, 5) is 26.5. The fourth-order valence-corrected chi connectivity index (χ4v) is 5.52. The Kier molecular flexibility index (Phi) is 4.70. The summed E-state index contributed by atoms with van der Waals surface area (Å²) in [5.41, 5.74) is 3.51. The summed E-state index contributed by atoms with van der Waals surface area (Å²) in [7, 11) is 1.84. The Hall–Kier alpha value is -3.72. The minimum absolute atomic E-state index is 0.0109. The van der Waals surface area contributed by atoms with E-state index in [0.29, 0.717) is 22.7 Å². The maximum absolute atomic E-state index is 15.2. The molecule has 2 amide bonds. The van der Waals surface area contributed by atoms with Gasteiger partial charge in [0, 0.05) is 30.1 Å². The zero-order chi connectivity index (χ0) is 23.6. The van der Waals surface area contributed by atoms with E-state index in [0.717, 1.165) is 34.9 Å². The van der Waals surface area contributed by atoms with Crippen molar-refractivity contribution in [1.29, 1.82) is 0 Å². The van der Waals surface area contributed by atoms with Gasteiger partial charge in [0.25, 0.3) is 5.56 Å². The van der Waals surface area contributed by atoms with Crippen molar-refractivity contribution in [2.24, 2.45) is 7.05 Å². The van der Waals surface area contributed by atoms with E-state index in [2.05, 4.69) is 20.6 Å². The first kappa shape index (κ1) is 20.9. The number of hydrogen-bond acceptors (Lipinski definition) is 4.